The lowest BCUT2D eigenvalue weighted by atomic mass is 10.0. The van der Waals surface area contributed by atoms with Crippen molar-refractivity contribution in [3.8, 4) is 10.6 Å². The van der Waals surface area contributed by atoms with E-state index in [1.807, 2.05) is 33.0 Å². The molecule has 26 heavy (non-hydrogen) atoms. The third-order valence-corrected chi connectivity index (χ3v) is 6.47. The highest BCUT2D eigenvalue weighted by Gasteiger charge is 2.30. The number of nitrogens with zero attached hydrogens (tertiary/aromatic N) is 3. The van der Waals surface area contributed by atoms with Crippen LogP contribution in [0, 0.1) is 6.92 Å². The minimum Gasteiger partial charge on any atom is -0.444 e. The zero-order valence-electron chi connectivity index (χ0n) is 15.3. The third kappa shape index (κ3) is 3.21. The van der Waals surface area contributed by atoms with Crippen LogP contribution in [0.2, 0.25) is 0 Å². The van der Waals surface area contributed by atoms with Crippen LogP contribution in [0.5, 0.6) is 0 Å². The molecule has 0 saturated heterocycles. The molecule has 4 rings (SSSR count). The molecule has 1 amide bonds. The van der Waals surface area contributed by atoms with Gasteiger partial charge >= 0.3 is 6.09 Å². The van der Waals surface area contributed by atoms with Crippen molar-refractivity contribution in [1.82, 2.24) is 14.9 Å². The molecule has 0 saturated carbocycles. The summed E-state index contributed by atoms with van der Waals surface area (Å²) in [5, 5.41) is 1.05. The van der Waals surface area contributed by atoms with Gasteiger partial charge in [0.25, 0.3) is 0 Å². The molecule has 4 heterocycles. The molecule has 0 aromatic carbocycles. The lowest BCUT2D eigenvalue weighted by molar-refractivity contribution is 0.0227. The van der Waals surface area contributed by atoms with E-state index in [9.17, 15) is 4.79 Å². The maximum Gasteiger partial charge on any atom is 0.410 e. The van der Waals surface area contributed by atoms with Crippen LogP contribution in [0.25, 0.3) is 20.8 Å². The number of thiophene rings is 1. The Kier molecular flexibility index (Phi) is 4.23. The van der Waals surface area contributed by atoms with E-state index < -0.39 is 5.60 Å². The van der Waals surface area contributed by atoms with Gasteiger partial charge in [0.1, 0.15) is 16.1 Å². The summed E-state index contributed by atoms with van der Waals surface area (Å²) in [6.07, 6.45) is 4.22. The van der Waals surface area contributed by atoms with Crippen molar-refractivity contribution >= 4 is 39.0 Å². The third-order valence-electron chi connectivity index (χ3n) is 4.29. The maximum absolute atomic E-state index is 12.4. The number of fused-ring (bicyclic) bond motifs is 2. The van der Waals surface area contributed by atoms with E-state index in [-0.39, 0.29) is 6.09 Å². The fourth-order valence-corrected chi connectivity index (χ4v) is 5.56. The van der Waals surface area contributed by atoms with Crippen LogP contribution in [0.1, 0.15) is 36.1 Å². The number of rotatable bonds is 1. The van der Waals surface area contributed by atoms with Crippen LogP contribution >= 0.6 is 22.7 Å². The second-order valence-electron chi connectivity index (χ2n) is 7.45. The Morgan fingerprint density at radius 1 is 1.31 bits per heavy atom. The van der Waals surface area contributed by atoms with E-state index in [4.69, 9.17) is 9.72 Å². The number of amides is 1. The molecule has 136 valence electrons. The Morgan fingerprint density at radius 3 is 2.85 bits per heavy atom. The minimum atomic E-state index is -0.469. The number of aromatic nitrogens is 2. The lowest BCUT2D eigenvalue weighted by Crippen LogP contribution is -2.39. The fourth-order valence-electron chi connectivity index (χ4n) is 3.19. The fraction of sp³-hybridized carbons (Fsp3) is 0.421. The van der Waals surface area contributed by atoms with E-state index in [0.717, 1.165) is 21.6 Å². The second kappa shape index (κ2) is 6.32. The average molecular weight is 388 g/mol. The zero-order chi connectivity index (χ0) is 18.5. The normalized spacial score (nSPS) is 14.5. The van der Waals surface area contributed by atoms with Gasteiger partial charge in [0.2, 0.25) is 0 Å². The number of hydrogen-bond donors (Lipinski definition) is 0. The van der Waals surface area contributed by atoms with E-state index in [1.54, 1.807) is 33.8 Å². The van der Waals surface area contributed by atoms with Gasteiger partial charge in [0.05, 0.1) is 17.4 Å². The summed E-state index contributed by atoms with van der Waals surface area (Å²) >= 11 is 3.47. The van der Waals surface area contributed by atoms with Gasteiger partial charge in [-0.2, -0.15) is 0 Å². The number of carbonyl (C=O) groups excluding carboxylic acids is 1. The van der Waals surface area contributed by atoms with Crippen LogP contribution in [0.3, 0.4) is 0 Å². The smallest absolute Gasteiger partial charge is 0.410 e. The Labute approximate surface area is 160 Å². The standard InChI is InChI=1S/C19H21N3O2S2/c1-11-16(17-21-13-9-20-7-5-14(13)26-17)12-6-8-22(10-15(12)25-11)18(23)24-19(2,3)4/h5,7,9H,6,8,10H2,1-4H3. The number of hydrogen-bond acceptors (Lipinski definition) is 6. The first-order valence-corrected chi connectivity index (χ1v) is 10.2. The molecule has 1 aliphatic heterocycles. The predicted octanol–water partition coefficient (Wildman–Crippen LogP) is 5.02. The molecule has 0 bridgehead atoms. The van der Waals surface area contributed by atoms with Crippen molar-refractivity contribution < 1.29 is 9.53 Å². The number of aryl methyl sites for hydroxylation is 1. The number of carbonyl (C=O) groups is 1. The molecule has 5 nitrogen and oxygen atoms in total. The quantitative estimate of drug-likeness (QED) is 0.588. The van der Waals surface area contributed by atoms with Gasteiger partial charge in [0, 0.05) is 28.1 Å². The summed E-state index contributed by atoms with van der Waals surface area (Å²) in [5.41, 5.74) is 3.05. The van der Waals surface area contributed by atoms with Crippen LogP contribution in [-0.4, -0.2) is 33.1 Å². The highest BCUT2D eigenvalue weighted by atomic mass is 32.1. The average Bonchev–Trinajstić information content (AvgIpc) is 3.11. The van der Waals surface area contributed by atoms with Gasteiger partial charge in [-0.05, 0) is 45.7 Å². The van der Waals surface area contributed by atoms with Crippen molar-refractivity contribution in [3.63, 3.8) is 0 Å². The van der Waals surface area contributed by atoms with Crippen LogP contribution < -0.4 is 0 Å². The molecule has 3 aromatic heterocycles. The van der Waals surface area contributed by atoms with Gasteiger partial charge in [-0.1, -0.05) is 0 Å². The molecule has 0 unspecified atom stereocenters. The first-order valence-electron chi connectivity index (χ1n) is 8.62. The highest BCUT2D eigenvalue weighted by Crippen LogP contribution is 2.42. The number of pyridine rings is 1. The summed E-state index contributed by atoms with van der Waals surface area (Å²) in [6.45, 7) is 9.13. The summed E-state index contributed by atoms with van der Waals surface area (Å²) < 4.78 is 6.68. The van der Waals surface area contributed by atoms with E-state index in [2.05, 4.69) is 11.9 Å². The number of ether oxygens (including phenoxy) is 1. The Hall–Kier alpha value is -1.99. The van der Waals surface area contributed by atoms with Crippen molar-refractivity contribution in [3.05, 3.63) is 33.8 Å². The highest BCUT2D eigenvalue weighted by molar-refractivity contribution is 7.22. The molecule has 0 radical (unpaired) electrons. The summed E-state index contributed by atoms with van der Waals surface area (Å²) in [7, 11) is 0. The molecule has 0 fully saturated rings. The molecule has 0 atom stereocenters. The topological polar surface area (TPSA) is 55.3 Å². The Bertz CT molecular complexity index is 951. The monoisotopic (exact) mass is 387 g/mol. The molecule has 3 aromatic rings. The van der Waals surface area contributed by atoms with E-state index in [0.29, 0.717) is 13.1 Å². The van der Waals surface area contributed by atoms with Crippen molar-refractivity contribution in [2.45, 2.75) is 46.3 Å². The molecule has 0 aliphatic carbocycles. The van der Waals surface area contributed by atoms with E-state index in [1.165, 1.54) is 20.9 Å². The maximum atomic E-state index is 12.4. The van der Waals surface area contributed by atoms with Crippen molar-refractivity contribution in [2.75, 3.05) is 6.54 Å². The van der Waals surface area contributed by atoms with Gasteiger partial charge in [-0.15, -0.1) is 22.7 Å². The summed E-state index contributed by atoms with van der Waals surface area (Å²) in [4.78, 5) is 25.6. The number of thiazole rings is 1. The first-order chi connectivity index (χ1) is 12.3. The molecule has 7 heteroatoms. The van der Waals surface area contributed by atoms with Crippen LogP contribution in [-0.2, 0) is 17.7 Å². The van der Waals surface area contributed by atoms with Crippen molar-refractivity contribution in [1.29, 1.82) is 0 Å². The zero-order valence-corrected chi connectivity index (χ0v) is 17.0. The molecular weight excluding hydrogens is 366 g/mol. The van der Waals surface area contributed by atoms with Gasteiger partial charge in [-0.25, -0.2) is 9.78 Å². The Morgan fingerprint density at radius 2 is 2.12 bits per heavy atom. The molecular formula is C19H21N3O2S2. The van der Waals surface area contributed by atoms with Crippen molar-refractivity contribution in [2.24, 2.45) is 0 Å². The van der Waals surface area contributed by atoms with E-state index >= 15 is 0 Å². The van der Waals surface area contributed by atoms with Crippen LogP contribution in [0.4, 0.5) is 4.79 Å². The van der Waals surface area contributed by atoms with Gasteiger partial charge in [-0.3, -0.25) is 4.98 Å². The van der Waals surface area contributed by atoms with Gasteiger partial charge < -0.3 is 9.64 Å². The largest absolute Gasteiger partial charge is 0.444 e. The molecule has 0 N–H and O–H groups in total. The minimum absolute atomic E-state index is 0.234. The predicted molar refractivity (Wildman–Crippen MR) is 106 cm³/mol. The van der Waals surface area contributed by atoms with Crippen LogP contribution in [0.15, 0.2) is 18.5 Å². The lowest BCUT2D eigenvalue weighted by Gasteiger charge is -2.30. The first kappa shape index (κ1) is 17.4. The molecule has 0 spiro atoms. The molecule has 1 aliphatic rings. The summed E-state index contributed by atoms with van der Waals surface area (Å²) in [5.74, 6) is 0. The Balaban J connectivity index is 1.65. The SMILES string of the molecule is Cc1sc2c(c1-c1nc3cnccc3s1)CCN(C(=O)OC(C)(C)C)C2. The summed E-state index contributed by atoms with van der Waals surface area (Å²) in [6, 6.07) is 2.01. The van der Waals surface area contributed by atoms with Gasteiger partial charge in [0.15, 0.2) is 0 Å². The second-order valence-corrected chi connectivity index (χ2v) is 9.79.